The molecule has 7 nitrogen and oxygen atoms in total. The molecule has 8 heteroatoms. The van der Waals surface area contributed by atoms with Crippen LogP contribution in [0.25, 0.3) is 0 Å². The molecule has 2 N–H and O–H groups in total. The van der Waals surface area contributed by atoms with E-state index in [1.165, 1.54) is 18.2 Å². The topological polar surface area (TPSA) is 81.8 Å². The quantitative estimate of drug-likeness (QED) is 0.537. The lowest BCUT2D eigenvalue weighted by Gasteiger charge is -2.33. The summed E-state index contributed by atoms with van der Waals surface area (Å²) in [5.74, 6) is -0.0256. The van der Waals surface area contributed by atoms with Crippen molar-refractivity contribution < 1.29 is 18.8 Å². The first-order valence-corrected chi connectivity index (χ1v) is 11.8. The molecule has 1 aliphatic heterocycles. The van der Waals surface area contributed by atoms with Crippen molar-refractivity contribution in [3.8, 4) is 0 Å². The first-order valence-electron chi connectivity index (χ1n) is 11.8. The van der Waals surface area contributed by atoms with E-state index >= 15 is 0 Å². The Labute approximate surface area is 190 Å². The first-order chi connectivity index (χ1) is 15.4. The number of anilines is 1. The second-order valence-corrected chi connectivity index (χ2v) is 8.43. The monoisotopic (exact) mass is 448 g/mol. The second-order valence-electron chi connectivity index (χ2n) is 8.43. The van der Waals surface area contributed by atoms with E-state index in [0.717, 1.165) is 45.3 Å². The summed E-state index contributed by atoms with van der Waals surface area (Å²) in [6.45, 7) is 7.44. The fourth-order valence-electron chi connectivity index (χ4n) is 4.04. The minimum absolute atomic E-state index is 0.0734. The highest BCUT2D eigenvalue weighted by molar-refractivity contribution is 5.89. The molecule has 0 bridgehead atoms. The maximum atomic E-state index is 13.2. The van der Waals surface area contributed by atoms with Crippen molar-refractivity contribution in [3.63, 3.8) is 0 Å². The lowest BCUT2D eigenvalue weighted by molar-refractivity contribution is -0.134. The van der Waals surface area contributed by atoms with Crippen LogP contribution in [0.3, 0.4) is 0 Å². The van der Waals surface area contributed by atoms with Crippen molar-refractivity contribution in [2.45, 2.75) is 58.8 Å². The zero-order chi connectivity index (χ0) is 23.3. The number of hydrogen-bond acceptors (Lipinski definition) is 3. The molecule has 1 heterocycles. The Kier molecular flexibility index (Phi) is 11.0. The standard InChI is InChI=1S/C24H37FN4O3/c1-3-13-28(14-4-2)22(30)11-6-12-23(31)29-15-7-8-19(18-29)17-26-24(32)27-21-10-5-9-20(25)16-21/h5,9-10,16,19H,3-4,6-8,11-15,17-18H2,1-2H3,(H2,26,27,32). The molecular weight excluding hydrogens is 411 g/mol. The van der Waals surface area contributed by atoms with E-state index in [1.807, 2.05) is 9.80 Å². The number of amides is 4. The van der Waals surface area contributed by atoms with E-state index in [2.05, 4.69) is 24.5 Å². The number of likely N-dealkylation sites (tertiary alicyclic amines) is 1. The minimum atomic E-state index is -0.408. The number of urea groups is 1. The molecule has 1 aliphatic rings. The Bertz CT molecular complexity index is 753. The molecular formula is C24H37FN4O3. The van der Waals surface area contributed by atoms with Crippen LogP contribution in [-0.4, -0.2) is 60.4 Å². The zero-order valence-corrected chi connectivity index (χ0v) is 19.4. The van der Waals surface area contributed by atoms with Gasteiger partial charge in [0.15, 0.2) is 0 Å². The molecule has 1 saturated heterocycles. The highest BCUT2D eigenvalue weighted by Crippen LogP contribution is 2.18. The Morgan fingerprint density at radius 1 is 1.16 bits per heavy atom. The number of carbonyl (C=O) groups is 3. The number of halogens is 1. The van der Waals surface area contributed by atoms with Gasteiger partial charge in [-0.2, -0.15) is 0 Å². The van der Waals surface area contributed by atoms with Crippen LogP contribution in [0.15, 0.2) is 24.3 Å². The zero-order valence-electron chi connectivity index (χ0n) is 19.4. The number of nitrogens with zero attached hydrogens (tertiary/aromatic N) is 2. The summed E-state index contributed by atoms with van der Waals surface area (Å²) >= 11 is 0. The number of rotatable bonds is 11. The molecule has 2 rings (SSSR count). The van der Waals surface area contributed by atoms with Crippen LogP contribution < -0.4 is 10.6 Å². The highest BCUT2D eigenvalue weighted by atomic mass is 19.1. The average molecular weight is 449 g/mol. The van der Waals surface area contributed by atoms with Crippen molar-refractivity contribution in [3.05, 3.63) is 30.1 Å². The van der Waals surface area contributed by atoms with Crippen LogP contribution in [0.1, 0.15) is 58.8 Å². The van der Waals surface area contributed by atoms with Crippen molar-refractivity contribution in [1.82, 2.24) is 15.1 Å². The van der Waals surface area contributed by atoms with Crippen molar-refractivity contribution in [1.29, 1.82) is 0 Å². The molecule has 1 fully saturated rings. The first kappa shape index (κ1) is 25.6. The van der Waals surface area contributed by atoms with E-state index in [1.54, 1.807) is 6.07 Å². The molecule has 178 valence electrons. The molecule has 32 heavy (non-hydrogen) atoms. The Balaban J connectivity index is 1.70. The van der Waals surface area contributed by atoms with Gasteiger partial charge in [0, 0.05) is 51.3 Å². The summed E-state index contributed by atoms with van der Waals surface area (Å²) in [5, 5.41) is 5.43. The maximum absolute atomic E-state index is 13.2. The van der Waals surface area contributed by atoms with Gasteiger partial charge >= 0.3 is 6.03 Å². The van der Waals surface area contributed by atoms with E-state index in [-0.39, 0.29) is 23.8 Å². The number of carbonyl (C=O) groups excluding carboxylic acids is 3. The van der Waals surface area contributed by atoms with E-state index in [0.29, 0.717) is 38.0 Å². The smallest absolute Gasteiger partial charge is 0.319 e. The van der Waals surface area contributed by atoms with Gasteiger partial charge < -0.3 is 20.4 Å². The summed E-state index contributed by atoms with van der Waals surface area (Å²) in [6, 6.07) is 5.35. The van der Waals surface area contributed by atoms with Crippen molar-refractivity contribution >= 4 is 23.5 Å². The van der Waals surface area contributed by atoms with Gasteiger partial charge in [-0.05, 0) is 56.2 Å². The van der Waals surface area contributed by atoms with Gasteiger partial charge in [0.2, 0.25) is 11.8 Å². The summed E-state index contributed by atoms with van der Waals surface area (Å²) in [4.78, 5) is 40.8. The Hall–Kier alpha value is -2.64. The van der Waals surface area contributed by atoms with Gasteiger partial charge in [-0.15, -0.1) is 0 Å². The van der Waals surface area contributed by atoms with Crippen LogP contribution in [0.4, 0.5) is 14.9 Å². The third-order valence-electron chi connectivity index (χ3n) is 5.63. The molecule has 0 spiro atoms. The van der Waals surface area contributed by atoms with Crippen molar-refractivity contribution in [2.24, 2.45) is 5.92 Å². The Morgan fingerprint density at radius 3 is 2.59 bits per heavy atom. The summed E-state index contributed by atoms with van der Waals surface area (Å²) in [7, 11) is 0. The molecule has 1 atom stereocenters. The third kappa shape index (κ3) is 8.85. The lowest BCUT2D eigenvalue weighted by Crippen LogP contribution is -2.44. The molecule has 1 aromatic rings. The maximum Gasteiger partial charge on any atom is 0.319 e. The van der Waals surface area contributed by atoms with Crippen LogP contribution in [0, 0.1) is 11.7 Å². The normalized spacial score (nSPS) is 15.8. The SMILES string of the molecule is CCCN(CCC)C(=O)CCCC(=O)N1CCCC(CNC(=O)Nc2cccc(F)c2)C1. The van der Waals surface area contributed by atoms with Crippen molar-refractivity contribution in [2.75, 3.05) is 38.0 Å². The molecule has 1 unspecified atom stereocenters. The summed E-state index contributed by atoms with van der Waals surface area (Å²) in [6.07, 6.45) is 5.05. The molecule has 4 amide bonds. The van der Waals surface area contributed by atoms with Crippen LogP contribution in [-0.2, 0) is 9.59 Å². The predicted molar refractivity (Wildman–Crippen MR) is 124 cm³/mol. The number of nitrogens with one attached hydrogen (secondary N) is 2. The van der Waals surface area contributed by atoms with Gasteiger partial charge in [-0.1, -0.05) is 19.9 Å². The van der Waals surface area contributed by atoms with E-state index in [9.17, 15) is 18.8 Å². The lowest BCUT2D eigenvalue weighted by atomic mass is 9.97. The van der Waals surface area contributed by atoms with Crippen LogP contribution in [0.2, 0.25) is 0 Å². The minimum Gasteiger partial charge on any atom is -0.343 e. The van der Waals surface area contributed by atoms with E-state index < -0.39 is 5.82 Å². The van der Waals surface area contributed by atoms with Crippen LogP contribution in [0.5, 0.6) is 0 Å². The largest absolute Gasteiger partial charge is 0.343 e. The fourth-order valence-corrected chi connectivity index (χ4v) is 4.04. The highest BCUT2D eigenvalue weighted by Gasteiger charge is 2.24. The van der Waals surface area contributed by atoms with Gasteiger partial charge in [-0.25, -0.2) is 9.18 Å². The van der Waals surface area contributed by atoms with Gasteiger partial charge in [0.25, 0.3) is 0 Å². The van der Waals surface area contributed by atoms with Gasteiger partial charge in [0.05, 0.1) is 0 Å². The number of benzene rings is 1. The van der Waals surface area contributed by atoms with Gasteiger partial charge in [0.1, 0.15) is 5.82 Å². The fraction of sp³-hybridized carbons (Fsp3) is 0.625. The summed E-state index contributed by atoms with van der Waals surface area (Å²) < 4.78 is 13.2. The molecule has 0 saturated carbocycles. The third-order valence-corrected chi connectivity index (χ3v) is 5.63. The molecule has 0 aliphatic carbocycles. The summed E-state index contributed by atoms with van der Waals surface area (Å²) in [5.41, 5.74) is 0.397. The molecule has 1 aromatic carbocycles. The second kappa shape index (κ2) is 13.7. The number of piperidine rings is 1. The average Bonchev–Trinajstić information content (AvgIpc) is 2.77. The predicted octanol–water partition coefficient (Wildman–Crippen LogP) is 4.00. The number of hydrogen-bond donors (Lipinski definition) is 2. The van der Waals surface area contributed by atoms with Gasteiger partial charge in [-0.3, -0.25) is 9.59 Å². The molecule has 0 aromatic heterocycles. The van der Waals surface area contributed by atoms with E-state index in [4.69, 9.17) is 0 Å². The molecule has 0 radical (unpaired) electrons. The van der Waals surface area contributed by atoms with Crippen LogP contribution >= 0.6 is 0 Å². The Morgan fingerprint density at radius 2 is 1.91 bits per heavy atom.